The van der Waals surface area contributed by atoms with Crippen molar-refractivity contribution in [1.82, 2.24) is 14.5 Å². The highest BCUT2D eigenvalue weighted by molar-refractivity contribution is 6.31. The first-order chi connectivity index (χ1) is 12.9. The van der Waals surface area contributed by atoms with Crippen LogP contribution in [-0.4, -0.2) is 21.6 Å². The van der Waals surface area contributed by atoms with Gasteiger partial charge in [0, 0.05) is 11.6 Å². The Kier molecular flexibility index (Phi) is 5.46. The molecule has 3 rings (SSSR count). The molecule has 1 N–H and O–H groups in total. The molecule has 140 valence electrons. The van der Waals surface area contributed by atoms with Crippen molar-refractivity contribution in [2.24, 2.45) is 0 Å². The lowest BCUT2D eigenvalue weighted by molar-refractivity contribution is -0.121. The predicted octanol–water partition coefficient (Wildman–Crippen LogP) is 2.64. The first kappa shape index (κ1) is 18.9. The van der Waals surface area contributed by atoms with Crippen LogP contribution in [0.5, 0.6) is 0 Å². The maximum absolute atomic E-state index is 13.1. The molecule has 0 radical (unpaired) electrons. The molecule has 0 unspecified atom stereocenters. The van der Waals surface area contributed by atoms with Crippen molar-refractivity contribution in [3.63, 3.8) is 0 Å². The summed E-state index contributed by atoms with van der Waals surface area (Å²) in [5, 5.41) is 3.57. The van der Waals surface area contributed by atoms with Crippen molar-refractivity contribution in [2.75, 3.05) is 6.54 Å². The average Bonchev–Trinajstić information content (AvgIpc) is 2.66. The van der Waals surface area contributed by atoms with Crippen LogP contribution in [0, 0.1) is 6.92 Å². The van der Waals surface area contributed by atoms with Crippen molar-refractivity contribution >= 4 is 28.4 Å². The van der Waals surface area contributed by atoms with Crippen LogP contribution in [0.3, 0.4) is 0 Å². The number of amides is 1. The Bertz CT molecular complexity index is 1130. The van der Waals surface area contributed by atoms with Crippen molar-refractivity contribution in [2.45, 2.75) is 26.8 Å². The van der Waals surface area contributed by atoms with Gasteiger partial charge in [0.1, 0.15) is 6.54 Å². The molecular weight excluding hydrogens is 366 g/mol. The topological polar surface area (TPSA) is 73.1 Å². The van der Waals surface area contributed by atoms with Gasteiger partial charge in [0.2, 0.25) is 5.91 Å². The van der Waals surface area contributed by atoms with Gasteiger partial charge in [-0.1, -0.05) is 36.7 Å². The number of fused-ring (bicyclic) bond motifs is 1. The number of nitrogens with zero attached hydrogens (tertiary/aromatic N) is 2. The van der Waals surface area contributed by atoms with Crippen molar-refractivity contribution in [3.05, 3.63) is 73.9 Å². The molecule has 0 bridgehead atoms. The van der Waals surface area contributed by atoms with Gasteiger partial charge < -0.3 is 5.32 Å². The Morgan fingerprint density at radius 1 is 1.15 bits per heavy atom. The zero-order chi connectivity index (χ0) is 19.6. The van der Waals surface area contributed by atoms with Crippen molar-refractivity contribution in [1.29, 1.82) is 0 Å². The van der Waals surface area contributed by atoms with Gasteiger partial charge in [-0.3, -0.25) is 14.2 Å². The molecule has 3 aromatic rings. The van der Waals surface area contributed by atoms with Crippen LogP contribution in [-0.2, 0) is 11.3 Å². The van der Waals surface area contributed by atoms with Crippen LogP contribution in [0.2, 0.25) is 5.02 Å². The molecule has 0 atom stereocenters. The number of hydrogen-bond donors (Lipinski definition) is 1. The summed E-state index contributed by atoms with van der Waals surface area (Å²) >= 11 is 6.18. The zero-order valence-electron chi connectivity index (χ0n) is 15.2. The molecule has 0 aliphatic carbocycles. The summed E-state index contributed by atoms with van der Waals surface area (Å²) in [4.78, 5) is 38.3. The maximum atomic E-state index is 13.1. The Hall–Kier alpha value is -2.86. The van der Waals surface area contributed by atoms with E-state index in [0.29, 0.717) is 28.2 Å². The van der Waals surface area contributed by atoms with E-state index in [9.17, 15) is 14.4 Å². The van der Waals surface area contributed by atoms with Crippen molar-refractivity contribution < 1.29 is 4.79 Å². The predicted molar refractivity (Wildman–Crippen MR) is 107 cm³/mol. The van der Waals surface area contributed by atoms with E-state index in [-0.39, 0.29) is 12.5 Å². The highest BCUT2D eigenvalue weighted by atomic mass is 35.5. The molecule has 0 aliphatic rings. The van der Waals surface area contributed by atoms with Crippen LogP contribution in [0.15, 0.2) is 52.1 Å². The highest BCUT2D eigenvalue weighted by Gasteiger charge is 2.16. The SMILES string of the molecule is CCCNC(=O)Cn1c(=O)n(-c2ccc(C)c(Cl)c2)c(=O)c2ccccc21. The van der Waals surface area contributed by atoms with Gasteiger partial charge in [0.05, 0.1) is 16.6 Å². The van der Waals surface area contributed by atoms with Gasteiger partial charge in [-0.2, -0.15) is 0 Å². The smallest absolute Gasteiger partial charge is 0.336 e. The zero-order valence-corrected chi connectivity index (χ0v) is 15.9. The minimum atomic E-state index is -0.578. The molecule has 1 heterocycles. The second-order valence-electron chi connectivity index (χ2n) is 6.31. The molecule has 0 aliphatic heterocycles. The van der Waals surface area contributed by atoms with Crippen LogP contribution >= 0.6 is 11.6 Å². The standard InChI is InChI=1S/C20H20ClN3O3/c1-3-10-22-18(25)12-23-17-7-5-4-6-15(17)19(26)24(20(23)27)14-9-8-13(2)16(21)11-14/h4-9,11H,3,10,12H2,1-2H3,(H,22,25). The lowest BCUT2D eigenvalue weighted by atomic mass is 10.2. The summed E-state index contributed by atoms with van der Waals surface area (Å²) in [7, 11) is 0. The Balaban J connectivity index is 2.26. The monoisotopic (exact) mass is 385 g/mol. The summed E-state index contributed by atoms with van der Waals surface area (Å²) in [5.41, 5.74) is 0.613. The van der Waals surface area contributed by atoms with Gasteiger partial charge in [0.25, 0.3) is 5.56 Å². The van der Waals surface area contributed by atoms with E-state index in [4.69, 9.17) is 11.6 Å². The van der Waals surface area contributed by atoms with E-state index in [1.807, 2.05) is 13.8 Å². The average molecular weight is 386 g/mol. The molecule has 7 heteroatoms. The molecule has 0 fully saturated rings. The number of aromatic nitrogens is 2. The van der Waals surface area contributed by atoms with E-state index in [2.05, 4.69) is 5.32 Å². The van der Waals surface area contributed by atoms with E-state index in [0.717, 1.165) is 16.6 Å². The number of para-hydroxylation sites is 1. The molecule has 2 aromatic carbocycles. The Morgan fingerprint density at radius 3 is 2.59 bits per heavy atom. The number of benzene rings is 2. The largest absolute Gasteiger partial charge is 0.355 e. The third-order valence-corrected chi connectivity index (χ3v) is 4.75. The molecule has 0 spiro atoms. The van der Waals surface area contributed by atoms with Gasteiger partial charge in [0.15, 0.2) is 0 Å². The second-order valence-corrected chi connectivity index (χ2v) is 6.72. The number of hydrogen-bond acceptors (Lipinski definition) is 3. The van der Waals surface area contributed by atoms with Crippen LogP contribution < -0.4 is 16.6 Å². The maximum Gasteiger partial charge on any atom is 0.336 e. The molecule has 6 nitrogen and oxygen atoms in total. The van der Waals surface area contributed by atoms with E-state index in [1.165, 1.54) is 4.57 Å². The number of aryl methyl sites for hydroxylation is 1. The van der Waals surface area contributed by atoms with E-state index in [1.54, 1.807) is 42.5 Å². The molecule has 1 amide bonds. The van der Waals surface area contributed by atoms with Gasteiger partial charge in [-0.15, -0.1) is 0 Å². The highest BCUT2D eigenvalue weighted by Crippen LogP contribution is 2.18. The lowest BCUT2D eigenvalue weighted by Gasteiger charge is -2.14. The fraction of sp³-hybridized carbons (Fsp3) is 0.250. The molecule has 0 saturated heterocycles. The second kappa shape index (κ2) is 7.80. The fourth-order valence-electron chi connectivity index (χ4n) is 2.89. The lowest BCUT2D eigenvalue weighted by Crippen LogP contribution is -2.41. The van der Waals surface area contributed by atoms with Crippen LogP contribution in [0.25, 0.3) is 16.6 Å². The van der Waals surface area contributed by atoms with Crippen molar-refractivity contribution in [3.8, 4) is 5.69 Å². The number of nitrogens with one attached hydrogen (secondary N) is 1. The number of halogens is 1. The Morgan fingerprint density at radius 2 is 1.89 bits per heavy atom. The number of carbonyl (C=O) groups excluding carboxylic acids is 1. The minimum Gasteiger partial charge on any atom is -0.355 e. The quantitative estimate of drug-likeness (QED) is 0.733. The number of rotatable bonds is 5. The molecule has 0 saturated carbocycles. The normalized spacial score (nSPS) is 10.9. The summed E-state index contributed by atoms with van der Waals surface area (Å²) in [6.07, 6.45) is 0.794. The van der Waals surface area contributed by atoms with Crippen LogP contribution in [0.4, 0.5) is 0 Å². The van der Waals surface area contributed by atoms with E-state index >= 15 is 0 Å². The first-order valence-electron chi connectivity index (χ1n) is 8.72. The number of carbonyl (C=O) groups is 1. The van der Waals surface area contributed by atoms with Gasteiger partial charge >= 0.3 is 5.69 Å². The third-order valence-electron chi connectivity index (χ3n) is 4.34. The Labute approximate surface area is 161 Å². The minimum absolute atomic E-state index is 0.167. The summed E-state index contributed by atoms with van der Waals surface area (Å²) in [6.45, 7) is 4.15. The fourth-order valence-corrected chi connectivity index (χ4v) is 3.06. The van der Waals surface area contributed by atoms with Gasteiger partial charge in [-0.25, -0.2) is 9.36 Å². The molecule has 1 aromatic heterocycles. The summed E-state index contributed by atoms with van der Waals surface area (Å²) in [6, 6.07) is 11.8. The van der Waals surface area contributed by atoms with Crippen LogP contribution in [0.1, 0.15) is 18.9 Å². The third kappa shape index (κ3) is 3.66. The molecular formula is C20H20ClN3O3. The summed E-state index contributed by atoms with van der Waals surface area (Å²) in [5.74, 6) is -0.281. The summed E-state index contributed by atoms with van der Waals surface area (Å²) < 4.78 is 2.37. The first-order valence-corrected chi connectivity index (χ1v) is 9.09. The van der Waals surface area contributed by atoms with Gasteiger partial charge in [-0.05, 0) is 43.2 Å². The molecule has 27 heavy (non-hydrogen) atoms. The van der Waals surface area contributed by atoms with E-state index < -0.39 is 11.2 Å².